The SMILES string of the molecule is Cc1ccccc1CNF.Cl. The first-order chi connectivity index (χ1) is 4.84. The maximum Gasteiger partial charge on any atom is 0.0512 e. The molecule has 0 saturated heterocycles. The Morgan fingerprint density at radius 1 is 1.36 bits per heavy atom. The molecule has 1 rings (SSSR count). The predicted molar refractivity (Wildman–Crippen MR) is 46.4 cm³/mol. The topological polar surface area (TPSA) is 12.0 Å². The van der Waals surface area contributed by atoms with E-state index in [1.165, 1.54) is 0 Å². The Morgan fingerprint density at radius 2 is 2.00 bits per heavy atom. The van der Waals surface area contributed by atoms with E-state index in [-0.39, 0.29) is 12.4 Å². The summed E-state index contributed by atoms with van der Waals surface area (Å²) < 4.78 is 11.6. The van der Waals surface area contributed by atoms with Crippen LogP contribution in [0.1, 0.15) is 11.1 Å². The Hall–Kier alpha value is -0.600. The molecule has 0 aliphatic heterocycles. The first-order valence-electron chi connectivity index (χ1n) is 3.22. The van der Waals surface area contributed by atoms with E-state index in [4.69, 9.17) is 0 Å². The molecule has 1 aromatic rings. The quantitative estimate of drug-likeness (QED) is 0.681. The van der Waals surface area contributed by atoms with Crippen molar-refractivity contribution in [1.82, 2.24) is 5.54 Å². The van der Waals surface area contributed by atoms with Gasteiger partial charge in [-0.05, 0) is 18.1 Å². The molecular weight excluding hydrogens is 165 g/mol. The second-order valence-electron chi connectivity index (χ2n) is 2.24. The summed E-state index contributed by atoms with van der Waals surface area (Å²) in [6, 6.07) is 7.71. The number of hydrogen-bond donors (Lipinski definition) is 1. The van der Waals surface area contributed by atoms with E-state index in [9.17, 15) is 4.48 Å². The summed E-state index contributed by atoms with van der Waals surface area (Å²) in [7, 11) is 0. The second kappa shape index (κ2) is 5.10. The number of rotatable bonds is 2. The van der Waals surface area contributed by atoms with Gasteiger partial charge in [-0.2, -0.15) is 5.54 Å². The van der Waals surface area contributed by atoms with Crippen LogP contribution in [0.15, 0.2) is 24.3 Å². The summed E-state index contributed by atoms with van der Waals surface area (Å²) in [5.74, 6) is 0. The van der Waals surface area contributed by atoms with Gasteiger partial charge in [-0.1, -0.05) is 24.3 Å². The minimum atomic E-state index is 0. The van der Waals surface area contributed by atoms with E-state index in [2.05, 4.69) is 0 Å². The summed E-state index contributed by atoms with van der Waals surface area (Å²) in [6.07, 6.45) is 0. The highest BCUT2D eigenvalue weighted by molar-refractivity contribution is 5.85. The monoisotopic (exact) mass is 175 g/mol. The minimum absolute atomic E-state index is 0. The molecule has 0 aromatic heterocycles. The number of hydrogen-bond acceptors (Lipinski definition) is 1. The molecule has 0 spiro atoms. The third-order valence-electron chi connectivity index (χ3n) is 1.52. The zero-order valence-corrected chi connectivity index (χ0v) is 7.12. The molecule has 0 radical (unpaired) electrons. The van der Waals surface area contributed by atoms with Gasteiger partial charge in [-0.25, -0.2) is 0 Å². The molecule has 3 heteroatoms. The average molecular weight is 176 g/mol. The summed E-state index contributed by atoms with van der Waals surface area (Å²) >= 11 is 0. The molecule has 0 aliphatic carbocycles. The smallest absolute Gasteiger partial charge is 0.0512 e. The highest BCUT2D eigenvalue weighted by Gasteiger charge is 1.93. The van der Waals surface area contributed by atoms with E-state index in [1.807, 2.05) is 31.2 Å². The van der Waals surface area contributed by atoms with Crippen LogP contribution in [-0.4, -0.2) is 0 Å². The van der Waals surface area contributed by atoms with E-state index in [0.29, 0.717) is 6.54 Å². The molecule has 0 aliphatic rings. The molecule has 1 N–H and O–H groups in total. The standard InChI is InChI=1S/C8H10FN.ClH/c1-7-4-2-3-5-8(7)6-10-9;/h2-5,10H,6H2,1H3;1H. The fourth-order valence-electron chi connectivity index (χ4n) is 0.880. The van der Waals surface area contributed by atoms with Crippen molar-refractivity contribution in [2.75, 3.05) is 0 Å². The highest BCUT2D eigenvalue weighted by atomic mass is 35.5. The van der Waals surface area contributed by atoms with Crippen LogP contribution in [0.25, 0.3) is 0 Å². The Balaban J connectivity index is 0.000001000. The molecule has 1 aromatic carbocycles. The molecule has 1 nitrogen and oxygen atoms in total. The Bertz CT molecular complexity index is 215. The third-order valence-corrected chi connectivity index (χ3v) is 1.52. The van der Waals surface area contributed by atoms with Crippen molar-refractivity contribution in [2.45, 2.75) is 13.5 Å². The van der Waals surface area contributed by atoms with Crippen molar-refractivity contribution in [3.63, 3.8) is 0 Å². The van der Waals surface area contributed by atoms with Crippen molar-refractivity contribution >= 4 is 12.4 Å². The average Bonchev–Trinajstić information content (AvgIpc) is 1.94. The maximum atomic E-state index is 11.6. The van der Waals surface area contributed by atoms with E-state index in [0.717, 1.165) is 11.1 Å². The molecule has 0 heterocycles. The van der Waals surface area contributed by atoms with Gasteiger partial charge in [-0.3, -0.25) is 0 Å². The van der Waals surface area contributed by atoms with Crippen molar-refractivity contribution < 1.29 is 4.48 Å². The number of aryl methyl sites for hydroxylation is 1. The summed E-state index contributed by atoms with van der Waals surface area (Å²) in [5.41, 5.74) is 3.75. The van der Waals surface area contributed by atoms with Crippen LogP contribution in [0.2, 0.25) is 0 Å². The van der Waals surface area contributed by atoms with Crippen LogP contribution in [0.3, 0.4) is 0 Å². The lowest BCUT2D eigenvalue weighted by Crippen LogP contribution is -2.00. The second-order valence-corrected chi connectivity index (χ2v) is 2.24. The molecule has 11 heavy (non-hydrogen) atoms. The number of benzene rings is 1. The van der Waals surface area contributed by atoms with Gasteiger partial charge in [0.25, 0.3) is 0 Å². The highest BCUT2D eigenvalue weighted by Crippen LogP contribution is 2.05. The van der Waals surface area contributed by atoms with Gasteiger partial charge in [0.15, 0.2) is 0 Å². The van der Waals surface area contributed by atoms with Crippen LogP contribution < -0.4 is 5.54 Å². The third kappa shape index (κ3) is 2.87. The fourth-order valence-corrected chi connectivity index (χ4v) is 0.880. The fraction of sp³-hybridized carbons (Fsp3) is 0.250. The van der Waals surface area contributed by atoms with Gasteiger partial charge in [0.2, 0.25) is 0 Å². The molecule has 0 amide bonds. The first-order valence-corrected chi connectivity index (χ1v) is 3.22. The van der Waals surface area contributed by atoms with E-state index in [1.54, 1.807) is 5.54 Å². The van der Waals surface area contributed by atoms with Crippen LogP contribution in [-0.2, 0) is 6.54 Å². The normalized spacial score (nSPS) is 8.91. The van der Waals surface area contributed by atoms with Crippen LogP contribution in [0.5, 0.6) is 0 Å². The molecule has 0 saturated carbocycles. The lowest BCUT2D eigenvalue weighted by atomic mass is 10.1. The summed E-state index contributed by atoms with van der Waals surface area (Å²) in [5, 5.41) is 0. The Kier molecular flexibility index (Phi) is 4.83. The molecule has 0 unspecified atom stereocenters. The predicted octanol–water partition coefficient (Wildman–Crippen LogP) is 2.39. The van der Waals surface area contributed by atoms with Crippen molar-refractivity contribution in [1.29, 1.82) is 0 Å². The Labute approximate surface area is 72.0 Å². The van der Waals surface area contributed by atoms with Crippen LogP contribution >= 0.6 is 12.4 Å². The molecule has 0 atom stereocenters. The van der Waals surface area contributed by atoms with Crippen molar-refractivity contribution in [3.8, 4) is 0 Å². The summed E-state index contributed by atoms with van der Waals surface area (Å²) in [6.45, 7) is 2.26. The lowest BCUT2D eigenvalue weighted by Gasteiger charge is -2.00. The zero-order chi connectivity index (χ0) is 7.40. The van der Waals surface area contributed by atoms with Gasteiger partial charge in [0.1, 0.15) is 0 Å². The number of halogens is 2. The van der Waals surface area contributed by atoms with E-state index >= 15 is 0 Å². The zero-order valence-electron chi connectivity index (χ0n) is 6.30. The maximum absolute atomic E-state index is 11.6. The molecule has 0 fully saturated rings. The minimum Gasteiger partial charge on any atom is -0.155 e. The van der Waals surface area contributed by atoms with Gasteiger partial charge in [-0.15, -0.1) is 16.9 Å². The number of nitrogens with one attached hydrogen (secondary N) is 1. The Morgan fingerprint density at radius 3 is 2.55 bits per heavy atom. The summed E-state index contributed by atoms with van der Waals surface area (Å²) in [4.78, 5) is 0. The molecule has 0 bridgehead atoms. The lowest BCUT2D eigenvalue weighted by molar-refractivity contribution is 0.329. The van der Waals surface area contributed by atoms with Gasteiger partial charge >= 0.3 is 0 Å². The molecular formula is C8H11ClFN. The van der Waals surface area contributed by atoms with Gasteiger partial charge < -0.3 is 0 Å². The van der Waals surface area contributed by atoms with Gasteiger partial charge in [0.05, 0.1) is 6.54 Å². The van der Waals surface area contributed by atoms with Crippen LogP contribution in [0, 0.1) is 6.92 Å². The largest absolute Gasteiger partial charge is 0.155 e. The van der Waals surface area contributed by atoms with Crippen molar-refractivity contribution in [3.05, 3.63) is 35.4 Å². The van der Waals surface area contributed by atoms with Gasteiger partial charge in [0, 0.05) is 0 Å². The molecule has 62 valence electrons. The van der Waals surface area contributed by atoms with Crippen LogP contribution in [0.4, 0.5) is 4.48 Å². The van der Waals surface area contributed by atoms with E-state index < -0.39 is 0 Å². The van der Waals surface area contributed by atoms with Crippen molar-refractivity contribution in [2.24, 2.45) is 0 Å². The first kappa shape index (κ1) is 10.4.